The molecule has 1 saturated heterocycles. The molecule has 18 heavy (non-hydrogen) atoms. The van der Waals surface area contributed by atoms with Crippen LogP contribution in [0.3, 0.4) is 0 Å². The molecular weight excluding hydrogens is 244 g/mol. The lowest BCUT2D eigenvalue weighted by molar-refractivity contribution is 0.112. The monoisotopic (exact) mass is 260 g/mol. The molecule has 0 aliphatic carbocycles. The molecule has 1 aliphatic rings. The Morgan fingerprint density at radius 2 is 2.50 bits per heavy atom. The van der Waals surface area contributed by atoms with Crippen molar-refractivity contribution < 1.29 is 4.79 Å². The van der Waals surface area contributed by atoms with E-state index in [4.69, 9.17) is 0 Å². The summed E-state index contributed by atoms with van der Waals surface area (Å²) in [6, 6.07) is 3.70. The number of nitrogens with zero attached hydrogens (tertiary/aromatic N) is 2. The average Bonchev–Trinajstić information content (AvgIpc) is 2.82. The fraction of sp³-hybridized carbons (Fsp3) is 0.429. The van der Waals surface area contributed by atoms with Gasteiger partial charge in [0.25, 0.3) is 0 Å². The Morgan fingerprint density at radius 3 is 3.28 bits per heavy atom. The van der Waals surface area contributed by atoms with Crippen LogP contribution >= 0.6 is 11.8 Å². The highest BCUT2D eigenvalue weighted by Crippen LogP contribution is 2.25. The van der Waals surface area contributed by atoms with E-state index in [1.807, 2.05) is 34.5 Å². The van der Waals surface area contributed by atoms with Crippen molar-refractivity contribution in [1.82, 2.24) is 9.38 Å². The van der Waals surface area contributed by atoms with Crippen molar-refractivity contribution in [3.05, 3.63) is 35.8 Å². The zero-order valence-electron chi connectivity index (χ0n) is 10.2. The van der Waals surface area contributed by atoms with Crippen LogP contribution in [0.1, 0.15) is 28.9 Å². The maximum Gasteiger partial charge on any atom is 0.153 e. The normalized spacial score (nSPS) is 20.1. The van der Waals surface area contributed by atoms with Crippen molar-refractivity contribution >= 4 is 23.7 Å². The number of hydrogen-bond acceptors (Lipinski definition) is 3. The van der Waals surface area contributed by atoms with E-state index in [1.54, 1.807) is 0 Å². The molecule has 0 N–H and O–H groups in total. The van der Waals surface area contributed by atoms with Gasteiger partial charge in [-0.1, -0.05) is 0 Å². The first-order chi connectivity index (χ1) is 8.86. The standard InChI is InChI=1S/C14H16N2OS/c17-9-12-4-1-5-16-8-13(15-14(12)16)7-11-3-2-6-18-10-11/h1,4-5,8-9,11H,2-3,6-7,10H2. The highest BCUT2D eigenvalue weighted by molar-refractivity contribution is 7.99. The predicted octanol–water partition coefficient (Wildman–Crippen LogP) is 2.83. The van der Waals surface area contributed by atoms with Gasteiger partial charge in [0.1, 0.15) is 5.65 Å². The van der Waals surface area contributed by atoms with Gasteiger partial charge in [-0.05, 0) is 48.8 Å². The molecule has 94 valence electrons. The van der Waals surface area contributed by atoms with Gasteiger partial charge in [0.15, 0.2) is 6.29 Å². The third kappa shape index (κ3) is 2.29. The lowest BCUT2D eigenvalue weighted by Gasteiger charge is -2.19. The van der Waals surface area contributed by atoms with Crippen LogP contribution in [0.15, 0.2) is 24.5 Å². The van der Waals surface area contributed by atoms with Crippen LogP contribution in [-0.4, -0.2) is 27.2 Å². The molecule has 0 radical (unpaired) electrons. The zero-order chi connectivity index (χ0) is 12.4. The zero-order valence-corrected chi connectivity index (χ0v) is 11.0. The minimum absolute atomic E-state index is 0.668. The van der Waals surface area contributed by atoms with Crippen molar-refractivity contribution in [1.29, 1.82) is 0 Å². The molecule has 3 heterocycles. The summed E-state index contributed by atoms with van der Waals surface area (Å²) in [6.07, 6.45) is 8.55. The van der Waals surface area contributed by atoms with Crippen molar-refractivity contribution in [2.24, 2.45) is 5.92 Å². The van der Waals surface area contributed by atoms with Gasteiger partial charge in [-0.25, -0.2) is 4.98 Å². The fourth-order valence-electron chi connectivity index (χ4n) is 2.54. The van der Waals surface area contributed by atoms with E-state index in [9.17, 15) is 4.79 Å². The number of imidazole rings is 1. The number of hydrogen-bond donors (Lipinski definition) is 0. The maximum atomic E-state index is 11.0. The highest BCUT2D eigenvalue weighted by Gasteiger charge is 2.16. The van der Waals surface area contributed by atoms with Gasteiger partial charge >= 0.3 is 0 Å². The summed E-state index contributed by atoms with van der Waals surface area (Å²) in [5.74, 6) is 3.29. The second-order valence-electron chi connectivity index (χ2n) is 4.83. The van der Waals surface area contributed by atoms with Crippen LogP contribution in [0.5, 0.6) is 0 Å². The largest absolute Gasteiger partial charge is 0.306 e. The summed E-state index contributed by atoms with van der Waals surface area (Å²) in [5, 5.41) is 0. The molecule has 3 rings (SSSR count). The minimum Gasteiger partial charge on any atom is -0.306 e. The minimum atomic E-state index is 0.668. The number of rotatable bonds is 3. The Morgan fingerprint density at radius 1 is 1.56 bits per heavy atom. The Hall–Kier alpha value is -1.29. The van der Waals surface area contributed by atoms with Crippen molar-refractivity contribution in [3.63, 3.8) is 0 Å². The first kappa shape index (κ1) is 11.8. The van der Waals surface area contributed by atoms with E-state index < -0.39 is 0 Å². The molecular formula is C14H16N2OS. The Labute approximate surface area is 111 Å². The average molecular weight is 260 g/mol. The predicted molar refractivity (Wildman–Crippen MR) is 74.3 cm³/mol. The number of carbonyl (C=O) groups is 1. The number of carbonyl (C=O) groups excluding carboxylic acids is 1. The van der Waals surface area contributed by atoms with Gasteiger partial charge in [0.2, 0.25) is 0 Å². The summed E-state index contributed by atoms with van der Waals surface area (Å²) >= 11 is 2.05. The van der Waals surface area contributed by atoms with E-state index in [0.29, 0.717) is 5.56 Å². The first-order valence-electron chi connectivity index (χ1n) is 6.36. The molecule has 3 nitrogen and oxygen atoms in total. The van der Waals surface area contributed by atoms with Crippen LogP contribution in [0.2, 0.25) is 0 Å². The van der Waals surface area contributed by atoms with Crippen LogP contribution < -0.4 is 0 Å². The van der Waals surface area contributed by atoms with Crippen molar-refractivity contribution in [2.45, 2.75) is 19.3 Å². The molecule has 0 spiro atoms. The number of aldehydes is 1. The van der Waals surface area contributed by atoms with Gasteiger partial charge in [-0.2, -0.15) is 11.8 Å². The molecule has 1 aliphatic heterocycles. The summed E-state index contributed by atoms with van der Waals surface area (Å²) < 4.78 is 1.95. The van der Waals surface area contributed by atoms with Crippen LogP contribution in [-0.2, 0) is 6.42 Å². The van der Waals surface area contributed by atoms with Gasteiger partial charge in [-0.3, -0.25) is 4.79 Å². The van der Waals surface area contributed by atoms with Crippen LogP contribution in [0.25, 0.3) is 5.65 Å². The SMILES string of the molecule is O=Cc1cccn2cc(CC3CCCSC3)nc12. The van der Waals surface area contributed by atoms with E-state index in [1.165, 1.54) is 24.3 Å². The van der Waals surface area contributed by atoms with E-state index in [2.05, 4.69) is 11.2 Å². The summed E-state index contributed by atoms with van der Waals surface area (Å²) in [4.78, 5) is 15.6. The molecule has 0 bridgehead atoms. The lowest BCUT2D eigenvalue weighted by Crippen LogP contribution is -2.13. The quantitative estimate of drug-likeness (QED) is 0.796. The van der Waals surface area contributed by atoms with Gasteiger partial charge in [-0.15, -0.1) is 0 Å². The Bertz CT molecular complexity index is 558. The van der Waals surface area contributed by atoms with Crippen LogP contribution in [0, 0.1) is 5.92 Å². The molecule has 1 unspecified atom stereocenters. The number of pyridine rings is 1. The van der Waals surface area contributed by atoms with Gasteiger partial charge < -0.3 is 4.40 Å². The molecule has 0 aromatic carbocycles. The molecule has 0 amide bonds. The first-order valence-corrected chi connectivity index (χ1v) is 7.52. The highest BCUT2D eigenvalue weighted by atomic mass is 32.2. The maximum absolute atomic E-state index is 11.0. The second-order valence-corrected chi connectivity index (χ2v) is 5.98. The third-order valence-electron chi connectivity index (χ3n) is 3.44. The number of aromatic nitrogens is 2. The molecule has 0 saturated carbocycles. The molecule has 2 aromatic rings. The second kappa shape index (κ2) is 5.14. The van der Waals surface area contributed by atoms with E-state index in [-0.39, 0.29) is 0 Å². The number of thioether (sulfide) groups is 1. The summed E-state index contributed by atoms with van der Waals surface area (Å²) in [6.45, 7) is 0. The van der Waals surface area contributed by atoms with Crippen molar-refractivity contribution in [2.75, 3.05) is 11.5 Å². The van der Waals surface area contributed by atoms with Crippen LogP contribution in [0.4, 0.5) is 0 Å². The fourth-order valence-corrected chi connectivity index (χ4v) is 3.70. The van der Waals surface area contributed by atoms with E-state index >= 15 is 0 Å². The number of fused-ring (bicyclic) bond motifs is 1. The van der Waals surface area contributed by atoms with Gasteiger partial charge in [0, 0.05) is 12.4 Å². The summed E-state index contributed by atoms with van der Waals surface area (Å²) in [7, 11) is 0. The third-order valence-corrected chi connectivity index (χ3v) is 4.73. The summed E-state index contributed by atoms with van der Waals surface area (Å²) in [5.41, 5.74) is 2.56. The molecule has 1 fully saturated rings. The van der Waals surface area contributed by atoms with Gasteiger partial charge in [0.05, 0.1) is 11.3 Å². The lowest BCUT2D eigenvalue weighted by atomic mass is 10.00. The molecule has 1 atom stereocenters. The smallest absolute Gasteiger partial charge is 0.153 e. The Balaban J connectivity index is 1.86. The topological polar surface area (TPSA) is 34.4 Å². The molecule has 4 heteroatoms. The van der Waals surface area contributed by atoms with Crippen molar-refractivity contribution in [3.8, 4) is 0 Å². The Kier molecular flexibility index (Phi) is 3.37. The molecule has 2 aromatic heterocycles. The van der Waals surface area contributed by atoms with E-state index in [0.717, 1.165) is 30.0 Å².